The normalized spacial score (nSPS) is 11.3. The number of fused-ring (bicyclic) bond motifs is 2. The molecule has 2 aromatic carbocycles. The van der Waals surface area contributed by atoms with Gasteiger partial charge < -0.3 is 9.88 Å². The first kappa shape index (κ1) is 18.5. The van der Waals surface area contributed by atoms with Crippen LogP contribution in [0.3, 0.4) is 0 Å². The van der Waals surface area contributed by atoms with Gasteiger partial charge in [0, 0.05) is 41.6 Å². The maximum Gasteiger partial charge on any atom is 0.228 e. The average molecular weight is 413 g/mol. The van der Waals surface area contributed by atoms with Crippen molar-refractivity contribution in [3.05, 3.63) is 78.1 Å². The molecule has 0 fully saturated rings. The maximum atomic E-state index is 12.8. The van der Waals surface area contributed by atoms with Crippen LogP contribution in [-0.2, 0) is 18.3 Å². The van der Waals surface area contributed by atoms with E-state index in [1.807, 2.05) is 62.6 Å². The lowest BCUT2D eigenvalue weighted by atomic mass is 10.1. The van der Waals surface area contributed by atoms with E-state index in [1.165, 1.54) is 0 Å². The van der Waals surface area contributed by atoms with Gasteiger partial charge in [0.05, 0.1) is 6.42 Å². The van der Waals surface area contributed by atoms with E-state index >= 15 is 0 Å². The molecule has 0 saturated heterocycles. The summed E-state index contributed by atoms with van der Waals surface area (Å²) in [5.41, 5.74) is 5.84. The molecule has 0 unspecified atom stereocenters. The molecule has 3 aromatic heterocycles. The van der Waals surface area contributed by atoms with Crippen LogP contribution in [-0.4, -0.2) is 20.4 Å². The Morgan fingerprint density at radius 1 is 1.13 bits per heavy atom. The lowest BCUT2D eigenvalue weighted by Gasteiger charge is -2.10. The summed E-state index contributed by atoms with van der Waals surface area (Å²) in [5, 5.41) is 5.10. The van der Waals surface area contributed by atoms with Crippen LogP contribution in [0.4, 0.5) is 5.69 Å². The molecule has 0 aliphatic carbocycles. The maximum absolute atomic E-state index is 12.8. The number of nitrogens with zero attached hydrogens (tertiary/aromatic N) is 3. The zero-order valence-electron chi connectivity index (χ0n) is 16.7. The lowest BCUT2D eigenvalue weighted by Crippen LogP contribution is -2.15. The first-order chi connectivity index (χ1) is 14.6. The number of aryl methyl sites for hydroxylation is 2. The quantitative estimate of drug-likeness (QED) is 0.433. The number of hydrogen-bond donors (Lipinski definition) is 1. The van der Waals surface area contributed by atoms with Gasteiger partial charge in [0.2, 0.25) is 5.91 Å². The predicted octanol–water partition coefficient (Wildman–Crippen LogP) is 5.34. The van der Waals surface area contributed by atoms with E-state index in [0.29, 0.717) is 6.42 Å². The summed E-state index contributed by atoms with van der Waals surface area (Å²) in [5.74, 6) is -0.0300. The number of benzene rings is 2. The van der Waals surface area contributed by atoms with E-state index in [-0.39, 0.29) is 5.91 Å². The van der Waals surface area contributed by atoms with E-state index in [0.717, 1.165) is 48.6 Å². The number of pyridine rings is 1. The number of para-hydroxylation sites is 1. The molecule has 0 bridgehead atoms. The first-order valence-corrected chi connectivity index (χ1v) is 10.6. The number of thiazole rings is 1. The zero-order valence-corrected chi connectivity index (χ0v) is 17.5. The molecule has 0 saturated carbocycles. The molecular formula is C24H20N4OS. The predicted molar refractivity (Wildman–Crippen MR) is 123 cm³/mol. The van der Waals surface area contributed by atoms with E-state index < -0.39 is 0 Å². The SMILES string of the molecule is Cc1ccc(-c2nc3cccnc3s2)cc1NC(=O)Cc1cn(C)c2ccccc12. The summed E-state index contributed by atoms with van der Waals surface area (Å²) in [6, 6.07) is 18.0. The van der Waals surface area contributed by atoms with Crippen LogP contribution < -0.4 is 5.32 Å². The second kappa shape index (κ2) is 7.39. The van der Waals surface area contributed by atoms with Gasteiger partial charge in [-0.1, -0.05) is 41.7 Å². The summed E-state index contributed by atoms with van der Waals surface area (Å²) < 4.78 is 2.06. The molecule has 0 radical (unpaired) electrons. The molecule has 5 nitrogen and oxygen atoms in total. The summed E-state index contributed by atoms with van der Waals surface area (Å²) >= 11 is 1.55. The van der Waals surface area contributed by atoms with Crippen molar-refractivity contribution in [2.24, 2.45) is 7.05 Å². The van der Waals surface area contributed by atoms with Gasteiger partial charge in [-0.25, -0.2) is 9.97 Å². The minimum absolute atomic E-state index is 0.0300. The highest BCUT2D eigenvalue weighted by atomic mass is 32.1. The molecule has 6 heteroatoms. The molecule has 1 amide bonds. The van der Waals surface area contributed by atoms with Crippen molar-refractivity contribution in [2.45, 2.75) is 13.3 Å². The third-order valence-electron chi connectivity index (χ3n) is 5.26. The molecule has 3 heterocycles. The highest BCUT2D eigenvalue weighted by molar-refractivity contribution is 7.21. The minimum Gasteiger partial charge on any atom is -0.350 e. The number of nitrogens with one attached hydrogen (secondary N) is 1. The highest BCUT2D eigenvalue weighted by Gasteiger charge is 2.13. The second-order valence-corrected chi connectivity index (χ2v) is 8.36. The average Bonchev–Trinajstić information content (AvgIpc) is 3.31. The van der Waals surface area contributed by atoms with Crippen molar-refractivity contribution in [3.8, 4) is 10.6 Å². The Bertz CT molecular complexity index is 1370. The van der Waals surface area contributed by atoms with Crippen LogP contribution in [0.15, 0.2) is 67.0 Å². The summed E-state index contributed by atoms with van der Waals surface area (Å²) in [6.45, 7) is 2.00. The van der Waals surface area contributed by atoms with Crippen molar-refractivity contribution in [1.82, 2.24) is 14.5 Å². The Morgan fingerprint density at radius 3 is 2.87 bits per heavy atom. The van der Waals surface area contributed by atoms with Crippen molar-refractivity contribution in [1.29, 1.82) is 0 Å². The van der Waals surface area contributed by atoms with Crippen LogP contribution >= 0.6 is 11.3 Å². The number of hydrogen-bond acceptors (Lipinski definition) is 4. The van der Waals surface area contributed by atoms with Gasteiger partial charge in [-0.15, -0.1) is 0 Å². The van der Waals surface area contributed by atoms with Gasteiger partial charge in [-0.05, 0) is 42.3 Å². The fraction of sp³-hybridized carbons (Fsp3) is 0.125. The standard InChI is InChI=1S/C24H20N4OS/c1-15-9-10-16(23-27-19-7-5-11-25-24(19)30-23)12-20(15)26-22(29)13-17-14-28(2)21-8-4-3-6-18(17)21/h3-12,14H,13H2,1-2H3,(H,26,29). The van der Waals surface area contributed by atoms with Crippen molar-refractivity contribution in [2.75, 3.05) is 5.32 Å². The second-order valence-electron chi connectivity index (χ2n) is 7.38. The molecule has 1 N–H and O–H groups in total. The van der Waals surface area contributed by atoms with E-state index in [9.17, 15) is 4.79 Å². The Labute approximate surface area is 178 Å². The molecule has 0 atom stereocenters. The molecule has 148 valence electrons. The molecule has 0 aliphatic heterocycles. The van der Waals surface area contributed by atoms with Crippen molar-refractivity contribution >= 4 is 44.2 Å². The van der Waals surface area contributed by atoms with Gasteiger partial charge in [-0.3, -0.25) is 4.79 Å². The van der Waals surface area contributed by atoms with Crippen molar-refractivity contribution < 1.29 is 4.79 Å². The highest BCUT2D eigenvalue weighted by Crippen LogP contribution is 2.31. The number of carbonyl (C=O) groups is 1. The Morgan fingerprint density at radius 2 is 2.00 bits per heavy atom. The van der Waals surface area contributed by atoms with E-state index in [2.05, 4.69) is 32.0 Å². The molecule has 0 spiro atoms. The molecule has 0 aliphatic rings. The fourth-order valence-electron chi connectivity index (χ4n) is 3.72. The number of aromatic nitrogens is 3. The fourth-order valence-corrected chi connectivity index (χ4v) is 4.62. The Balaban J connectivity index is 1.41. The van der Waals surface area contributed by atoms with Gasteiger partial charge in [0.25, 0.3) is 0 Å². The molecular weight excluding hydrogens is 392 g/mol. The smallest absolute Gasteiger partial charge is 0.228 e. The van der Waals surface area contributed by atoms with Crippen LogP contribution in [0.2, 0.25) is 0 Å². The van der Waals surface area contributed by atoms with Crippen molar-refractivity contribution in [3.63, 3.8) is 0 Å². The minimum atomic E-state index is -0.0300. The molecule has 30 heavy (non-hydrogen) atoms. The summed E-state index contributed by atoms with van der Waals surface area (Å²) in [7, 11) is 2.00. The van der Waals surface area contributed by atoms with Crippen LogP contribution in [0, 0.1) is 6.92 Å². The Kier molecular flexibility index (Phi) is 4.56. The van der Waals surface area contributed by atoms with Gasteiger partial charge in [0.15, 0.2) is 0 Å². The number of carbonyl (C=O) groups excluding carboxylic acids is 1. The molecule has 5 rings (SSSR count). The van der Waals surface area contributed by atoms with Crippen LogP contribution in [0.25, 0.3) is 31.8 Å². The lowest BCUT2D eigenvalue weighted by molar-refractivity contribution is -0.115. The zero-order chi connectivity index (χ0) is 20.7. The summed E-state index contributed by atoms with van der Waals surface area (Å²) in [6.07, 6.45) is 4.14. The third-order valence-corrected chi connectivity index (χ3v) is 6.28. The van der Waals surface area contributed by atoms with Gasteiger partial charge >= 0.3 is 0 Å². The van der Waals surface area contributed by atoms with E-state index in [1.54, 1.807) is 17.5 Å². The van der Waals surface area contributed by atoms with Gasteiger partial charge in [-0.2, -0.15) is 0 Å². The monoisotopic (exact) mass is 412 g/mol. The Hall–Kier alpha value is -3.51. The topological polar surface area (TPSA) is 59.8 Å². The molecule has 5 aromatic rings. The summed E-state index contributed by atoms with van der Waals surface area (Å²) in [4.78, 5) is 22.8. The number of amides is 1. The number of anilines is 1. The first-order valence-electron chi connectivity index (χ1n) is 9.74. The number of rotatable bonds is 4. The van der Waals surface area contributed by atoms with Gasteiger partial charge in [0.1, 0.15) is 15.4 Å². The largest absolute Gasteiger partial charge is 0.350 e. The third kappa shape index (κ3) is 3.35. The van der Waals surface area contributed by atoms with Crippen LogP contribution in [0.1, 0.15) is 11.1 Å². The van der Waals surface area contributed by atoms with E-state index in [4.69, 9.17) is 0 Å². The van der Waals surface area contributed by atoms with Crippen LogP contribution in [0.5, 0.6) is 0 Å².